The Morgan fingerprint density at radius 3 is 2.69 bits per heavy atom. The van der Waals surface area contributed by atoms with Crippen LogP contribution in [-0.4, -0.2) is 18.4 Å². The summed E-state index contributed by atoms with van der Waals surface area (Å²) in [6, 6.07) is 9.53. The standard InChI is InChI=1S/C20H20ClFN2O2/c1-12(2)20(26)24-10-4-5-13-8-9-14(11-17(13)24)23-19(25)18-15(21)6-3-7-16(18)22/h3,6-9,11-12H,4-5,10H2,1-2H3,(H,23,25). The van der Waals surface area contributed by atoms with E-state index in [0.29, 0.717) is 12.2 Å². The molecule has 26 heavy (non-hydrogen) atoms. The van der Waals surface area contributed by atoms with Crippen molar-refractivity contribution >= 4 is 34.8 Å². The van der Waals surface area contributed by atoms with Gasteiger partial charge in [-0.2, -0.15) is 0 Å². The van der Waals surface area contributed by atoms with E-state index in [9.17, 15) is 14.0 Å². The Morgan fingerprint density at radius 2 is 2.00 bits per heavy atom. The van der Waals surface area contributed by atoms with Gasteiger partial charge in [-0.05, 0) is 42.7 Å². The Labute approximate surface area is 157 Å². The fourth-order valence-electron chi connectivity index (χ4n) is 3.10. The van der Waals surface area contributed by atoms with Crippen molar-refractivity contribution in [2.75, 3.05) is 16.8 Å². The predicted molar refractivity (Wildman–Crippen MR) is 101 cm³/mol. The second-order valence-corrected chi connectivity index (χ2v) is 7.05. The van der Waals surface area contributed by atoms with Crippen molar-refractivity contribution in [2.24, 2.45) is 5.92 Å². The van der Waals surface area contributed by atoms with Crippen molar-refractivity contribution in [2.45, 2.75) is 26.7 Å². The van der Waals surface area contributed by atoms with Crippen LogP contribution in [0.15, 0.2) is 36.4 Å². The van der Waals surface area contributed by atoms with Crippen LogP contribution in [0.2, 0.25) is 5.02 Å². The Balaban J connectivity index is 1.90. The number of aryl methyl sites for hydroxylation is 1. The van der Waals surface area contributed by atoms with Gasteiger partial charge >= 0.3 is 0 Å². The first kappa shape index (κ1) is 18.4. The fraction of sp³-hybridized carbons (Fsp3) is 0.300. The van der Waals surface area contributed by atoms with Crippen molar-refractivity contribution in [1.29, 1.82) is 0 Å². The van der Waals surface area contributed by atoms with Crippen molar-refractivity contribution in [3.63, 3.8) is 0 Å². The van der Waals surface area contributed by atoms with Crippen LogP contribution in [-0.2, 0) is 11.2 Å². The number of carbonyl (C=O) groups excluding carboxylic acids is 2. The Bertz CT molecular complexity index is 847. The molecule has 4 nitrogen and oxygen atoms in total. The van der Waals surface area contributed by atoms with Gasteiger partial charge in [0.05, 0.1) is 10.6 Å². The topological polar surface area (TPSA) is 49.4 Å². The molecule has 0 aliphatic carbocycles. The molecule has 1 aliphatic rings. The average Bonchev–Trinajstić information content (AvgIpc) is 2.60. The summed E-state index contributed by atoms with van der Waals surface area (Å²) in [7, 11) is 0. The van der Waals surface area contributed by atoms with Crippen molar-refractivity contribution in [3.8, 4) is 0 Å². The molecule has 6 heteroatoms. The van der Waals surface area contributed by atoms with Crippen LogP contribution < -0.4 is 10.2 Å². The van der Waals surface area contributed by atoms with Crippen LogP contribution in [0.4, 0.5) is 15.8 Å². The molecule has 0 bridgehead atoms. The van der Waals surface area contributed by atoms with Gasteiger partial charge in [0.1, 0.15) is 5.82 Å². The third kappa shape index (κ3) is 3.58. The highest BCUT2D eigenvalue weighted by Gasteiger charge is 2.25. The summed E-state index contributed by atoms with van der Waals surface area (Å²) in [4.78, 5) is 26.7. The summed E-state index contributed by atoms with van der Waals surface area (Å²) in [5, 5.41) is 2.73. The molecule has 0 saturated carbocycles. The number of benzene rings is 2. The van der Waals surface area contributed by atoms with E-state index in [0.717, 1.165) is 24.1 Å². The monoisotopic (exact) mass is 374 g/mol. The van der Waals surface area contributed by atoms with Crippen molar-refractivity contribution in [3.05, 3.63) is 58.4 Å². The molecule has 0 aromatic heterocycles. The van der Waals surface area contributed by atoms with Crippen molar-refractivity contribution in [1.82, 2.24) is 0 Å². The minimum Gasteiger partial charge on any atom is -0.322 e. The highest BCUT2D eigenvalue weighted by Crippen LogP contribution is 2.31. The predicted octanol–water partition coefficient (Wildman–Crippen LogP) is 4.67. The molecule has 1 heterocycles. The molecular weight excluding hydrogens is 355 g/mol. The number of halogens is 2. The van der Waals surface area contributed by atoms with E-state index in [4.69, 9.17) is 11.6 Å². The minimum atomic E-state index is -0.676. The largest absolute Gasteiger partial charge is 0.322 e. The smallest absolute Gasteiger partial charge is 0.260 e. The van der Waals surface area contributed by atoms with Gasteiger partial charge in [-0.15, -0.1) is 0 Å². The first-order chi connectivity index (χ1) is 12.4. The van der Waals surface area contributed by atoms with Gasteiger partial charge in [0, 0.05) is 23.8 Å². The second-order valence-electron chi connectivity index (χ2n) is 6.64. The van der Waals surface area contributed by atoms with Gasteiger partial charge in [0.15, 0.2) is 0 Å². The quantitative estimate of drug-likeness (QED) is 0.848. The van der Waals surface area contributed by atoms with Gasteiger partial charge in [-0.1, -0.05) is 37.6 Å². The fourth-order valence-corrected chi connectivity index (χ4v) is 3.35. The lowest BCUT2D eigenvalue weighted by Gasteiger charge is -2.31. The third-order valence-corrected chi connectivity index (χ3v) is 4.73. The Hall–Kier alpha value is -2.40. The second kappa shape index (κ2) is 7.46. The van der Waals surface area contributed by atoms with Gasteiger partial charge in [-0.25, -0.2) is 4.39 Å². The zero-order valence-corrected chi connectivity index (χ0v) is 15.4. The first-order valence-corrected chi connectivity index (χ1v) is 8.96. The van der Waals surface area contributed by atoms with E-state index in [1.165, 1.54) is 18.2 Å². The van der Waals surface area contributed by atoms with Gasteiger partial charge in [0.25, 0.3) is 5.91 Å². The Morgan fingerprint density at radius 1 is 1.23 bits per heavy atom. The lowest BCUT2D eigenvalue weighted by Crippen LogP contribution is -2.38. The van der Waals surface area contributed by atoms with E-state index >= 15 is 0 Å². The first-order valence-electron chi connectivity index (χ1n) is 8.58. The van der Waals surface area contributed by atoms with Gasteiger partial charge in [-0.3, -0.25) is 9.59 Å². The average molecular weight is 375 g/mol. The zero-order chi connectivity index (χ0) is 18.8. The molecule has 0 unspecified atom stereocenters. The highest BCUT2D eigenvalue weighted by atomic mass is 35.5. The summed E-state index contributed by atoms with van der Waals surface area (Å²) >= 11 is 5.95. The zero-order valence-electron chi connectivity index (χ0n) is 14.7. The molecule has 0 saturated heterocycles. The van der Waals surface area contributed by atoms with E-state index in [1.807, 2.05) is 19.9 Å². The van der Waals surface area contributed by atoms with E-state index in [1.54, 1.807) is 17.0 Å². The molecule has 0 radical (unpaired) electrons. The van der Waals surface area contributed by atoms with Crippen LogP contribution in [0.5, 0.6) is 0 Å². The summed E-state index contributed by atoms with van der Waals surface area (Å²) in [6.07, 6.45) is 1.78. The van der Waals surface area contributed by atoms with Crippen LogP contribution in [0.1, 0.15) is 36.2 Å². The van der Waals surface area contributed by atoms with Crippen LogP contribution in [0, 0.1) is 11.7 Å². The minimum absolute atomic E-state index is 0.0478. The molecule has 3 rings (SSSR count). The maximum absolute atomic E-state index is 13.9. The Kier molecular flexibility index (Phi) is 5.28. The molecule has 2 aromatic carbocycles. The SMILES string of the molecule is CC(C)C(=O)N1CCCc2ccc(NC(=O)c3c(F)cccc3Cl)cc21. The number of nitrogens with one attached hydrogen (secondary N) is 1. The molecule has 1 aliphatic heterocycles. The summed E-state index contributed by atoms with van der Waals surface area (Å²) in [6.45, 7) is 4.38. The molecule has 1 N–H and O–H groups in total. The van der Waals surface area contributed by atoms with E-state index < -0.39 is 11.7 Å². The highest BCUT2D eigenvalue weighted by molar-refractivity contribution is 6.34. The number of nitrogens with zero attached hydrogens (tertiary/aromatic N) is 1. The molecule has 2 aromatic rings. The number of hydrogen-bond donors (Lipinski definition) is 1. The summed E-state index contributed by atoms with van der Waals surface area (Å²) < 4.78 is 13.9. The maximum Gasteiger partial charge on any atom is 0.260 e. The lowest BCUT2D eigenvalue weighted by molar-refractivity contribution is -0.121. The van der Waals surface area contributed by atoms with Crippen LogP contribution in [0.25, 0.3) is 0 Å². The third-order valence-electron chi connectivity index (χ3n) is 4.41. The van der Waals surface area contributed by atoms with Gasteiger partial charge < -0.3 is 10.2 Å². The van der Waals surface area contributed by atoms with Crippen molar-refractivity contribution < 1.29 is 14.0 Å². The molecule has 0 fully saturated rings. The molecular formula is C20H20ClFN2O2. The number of anilines is 2. The maximum atomic E-state index is 13.9. The van der Waals surface area contributed by atoms with Crippen LogP contribution in [0.3, 0.4) is 0 Å². The summed E-state index contributed by atoms with van der Waals surface area (Å²) in [5.74, 6) is -1.36. The number of fused-ring (bicyclic) bond motifs is 1. The van der Waals surface area contributed by atoms with Gasteiger partial charge in [0.2, 0.25) is 5.91 Å². The lowest BCUT2D eigenvalue weighted by atomic mass is 9.99. The molecule has 0 atom stereocenters. The van der Waals surface area contributed by atoms with E-state index in [2.05, 4.69) is 5.32 Å². The molecule has 136 valence electrons. The number of rotatable bonds is 3. The summed E-state index contributed by atoms with van der Waals surface area (Å²) in [5.41, 5.74) is 2.16. The number of amides is 2. The molecule has 2 amide bonds. The number of carbonyl (C=O) groups is 2. The van der Waals surface area contributed by atoms with Crippen LogP contribution >= 0.6 is 11.6 Å². The molecule has 0 spiro atoms. The number of hydrogen-bond acceptors (Lipinski definition) is 2. The normalized spacial score (nSPS) is 13.5. The van der Waals surface area contributed by atoms with E-state index in [-0.39, 0.29) is 22.4 Å².